The topological polar surface area (TPSA) is 0 Å². The average Bonchev–Trinajstić information content (AvgIpc) is 2.51. The third-order valence-corrected chi connectivity index (χ3v) is 5.45. The van der Waals surface area contributed by atoms with Crippen LogP contribution in [0.4, 0.5) is 26.3 Å². The normalized spacial score (nSPS) is 13.7. The largest absolute Gasteiger partial charge is 0.416 e. The van der Waals surface area contributed by atoms with Crippen molar-refractivity contribution in [2.24, 2.45) is 0 Å². The first-order valence-corrected chi connectivity index (χ1v) is 9.69. The van der Waals surface area contributed by atoms with Gasteiger partial charge in [0, 0.05) is 0 Å². The molecule has 0 saturated heterocycles. The van der Waals surface area contributed by atoms with Crippen molar-refractivity contribution in [2.45, 2.75) is 78.6 Å². The van der Waals surface area contributed by atoms with Crippen LogP contribution >= 0.6 is 0 Å². The maximum absolute atomic E-state index is 13.8. The molecule has 6 heteroatoms. The second-order valence-corrected chi connectivity index (χ2v) is 9.89. The third kappa shape index (κ3) is 4.84. The zero-order chi connectivity index (χ0) is 23.4. The number of halogens is 6. The molecule has 0 amide bonds. The molecule has 2 rings (SSSR count). The maximum Gasteiger partial charge on any atom is 0.416 e. The SMILES string of the molecule is Cc1c(-c2cc(C(C)(C)C)cc(C(F)(F)F)c2C)cc(C(C)(C)C)cc1C(F)(F)F. The smallest absolute Gasteiger partial charge is 0.166 e. The molecule has 0 spiro atoms. The second kappa shape index (κ2) is 7.31. The van der Waals surface area contributed by atoms with Gasteiger partial charge in [0.15, 0.2) is 0 Å². The van der Waals surface area contributed by atoms with E-state index < -0.39 is 34.3 Å². The zero-order valence-electron chi connectivity index (χ0n) is 18.6. The van der Waals surface area contributed by atoms with Crippen LogP contribution in [-0.4, -0.2) is 0 Å². The molecule has 0 bridgehead atoms. The molecule has 2 aromatic carbocycles. The van der Waals surface area contributed by atoms with Gasteiger partial charge < -0.3 is 0 Å². The molecule has 0 aliphatic rings. The van der Waals surface area contributed by atoms with Crippen LogP contribution in [0, 0.1) is 13.8 Å². The average molecular weight is 430 g/mol. The monoisotopic (exact) mass is 430 g/mol. The molecule has 0 saturated carbocycles. The van der Waals surface area contributed by atoms with Crippen LogP contribution in [-0.2, 0) is 23.2 Å². The number of rotatable bonds is 1. The molecule has 0 aliphatic heterocycles. The Kier molecular flexibility index (Phi) is 5.92. The molecule has 2 aromatic rings. The van der Waals surface area contributed by atoms with Gasteiger partial charge in [0.05, 0.1) is 11.1 Å². The lowest BCUT2D eigenvalue weighted by molar-refractivity contribution is -0.139. The summed E-state index contributed by atoms with van der Waals surface area (Å²) in [5, 5.41) is 0. The summed E-state index contributed by atoms with van der Waals surface area (Å²) >= 11 is 0. The van der Waals surface area contributed by atoms with Gasteiger partial charge >= 0.3 is 12.4 Å². The van der Waals surface area contributed by atoms with Crippen LogP contribution in [0.1, 0.15) is 74.9 Å². The van der Waals surface area contributed by atoms with Crippen LogP contribution in [0.5, 0.6) is 0 Å². The van der Waals surface area contributed by atoms with Crippen molar-refractivity contribution in [3.8, 4) is 11.1 Å². The van der Waals surface area contributed by atoms with Gasteiger partial charge in [-0.05, 0) is 70.2 Å². The fraction of sp³-hybridized carbons (Fsp3) is 0.500. The molecular weight excluding hydrogens is 402 g/mol. The lowest BCUT2D eigenvalue weighted by Crippen LogP contribution is -2.18. The zero-order valence-corrected chi connectivity index (χ0v) is 18.6. The third-order valence-electron chi connectivity index (χ3n) is 5.45. The van der Waals surface area contributed by atoms with Crippen molar-refractivity contribution in [3.05, 3.63) is 57.6 Å². The van der Waals surface area contributed by atoms with Gasteiger partial charge in [0.2, 0.25) is 0 Å². The molecule has 0 heterocycles. The highest BCUT2D eigenvalue weighted by Crippen LogP contribution is 2.44. The predicted molar refractivity (Wildman–Crippen MR) is 109 cm³/mol. The van der Waals surface area contributed by atoms with Crippen molar-refractivity contribution in [2.75, 3.05) is 0 Å². The molecule has 0 nitrogen and oxygen atoms in total. The summed E-state index contributed by atoms with van der Waals surface area (Å²) in [5.41, 5.74) is -1.79. The Morgan fingerprint density at radius 3 is 0.967 bits per heavy atom. The quantitative estimate of drug-likeness (QED) is 0.397. The molecular formula is C24H28F6. The van der Waals surface area contributed by atoms with E-state index in [0.29, 0.717) is 11.1 Å². The number of hydrogen-bond acceptors (Lipinski definition) is 0. The van der Waals surface area contributed by atoms with Crippen LogP contribution in [0.15, 0.2) is 24.3 Å². The number of alkyl halides is 6. The molecule has 166 valence electrons. The van der Waals surface area contributed by atoms with E-state index in [2.05, 4.69) is 0 Å². The first kappa shape index (κ1) is 24.3. The van der Waals surface area contributed by atoms with Crippen molar-refractivity contribution >= 4 is 0 Å². The second-order valence-electron chi connectivity index (χ2n) is 9.89. The first-order valence-electron chi connectivity index (χ1n) is 9.69. The number of benzene rings is 2. The van der Waals surface area contributed by atoms with E-state index in [1.165, 1.54) is 13.8 Å². The van der Waals surface area contributed by atoms with Gasteiger partial charge in [-0.2, -0.15) is 26.3 Å². The molecule has 0 aromatic heterocycles. The van der Waals surface area contributed by atoms with Gasteiger partial charge in [-0.3, -0.25) is 0 Å². The standard InChI is InChI=1S/C24H28F6/c1-13-17(9-15(21(3,4)5)11-19(13)23(25,26)27)18-10-16(22(6,7)8)12-20(14(18)2)24(28,29)30/h9-12H,1-8H3. The summed E-state index contributed by atoms with van der Waals surface area (Å²) in [7, 11) is 0. The van der Waals surface area contributed by atoms with Gasteiger partial charge in [-0.1, -0.05) is 53.7 Å². The molecule has 0 N–H and O–H groups in total. The fourth-order valence-corrected chi connectivity index (χ4v) is 3.44. The van der Waals surface area contributed by atoms with Crippen molar-refractivity contribution < 1.29 is 26.3 Å². The highest BCUT2D eigenvalue weighted by Gasteiger charge is 2.37. The Morgan fingerprint density at radius 1 is 0.500 bits per heavy atom. The van der Waals surface area contributed by atoms with E-state index in [9.17, 15) is 26.3 Å². The minimum Gasteiger partial charge on any atom is -0.166 e. The highest BCUT2D eigenvalue weighted by molar-refractivity contribution is 5.75. The summed E-state index contributed by atoms with van der Waals surface area (Å²) < 4.78 is 82.6. The lowest BCUT2D eigenvalue weighted by Gasteiger charge is -2.27. The van der Waals surface area contributed by atoms with Gasteiger partial charge in [-0.15, -0.1) is 0 Å². The maximum atomic E-state index is 13.8. The van der Waals surface area contributed by atoms with E-state index in [-0.39, 0.29) is 22.3 Å². The summed E-state index contributed by atoms with van der Waals surface area (Å²) in [6.07, 6.45) is -9.22. The summed E-state index contributed by atoms with van der Waals surface area (Å²) in [4.78, 5) is 0. The summed E-state index contributed by atoms with van der Waals surface area (Å²) in [6.45, 7) is 13.3. The summed E-state index contributed by atoms with van der Waals surface area (Å²) in [5.74, 6) is 0. The minimum atomic E-state index is -4.61. The van der Waals surface area contributed by atoms with Crippen LogP contribution in [0.25, 0.3) is 11.1 Å². The molecule has 0 aliphatic carbocycles. The summed E-state index contributed by atoms with van der Waals surface area (Å²) in [6, 6.07) is 5.40. The van der Waals surface area contributed by atoms with Crippen LogP contribution in [0.2, 0.25) is 0 Å². The van der Waals surface area contributed by atoms with E-state index in [0.717, 1.165) is 12.1 Å². The molecule has 0 unspecified atom stereocenters. The molecule has 30 heavy (non-hydrogen) atoms. The Labute approximate surface area is 174 Å². The fourth-order valence-electron chi connectivity index (χ4n) is 3.44. The number of hydrogen-bond donors (Lipinski definition) is 0. The van der Waals surface area contributed by atoms with Gasteiger partial charge in [-0.25, -0.2) is 0 Å². The van der Waals surface area contributed by atoms with E-state index in [1.807, 2.05) is 0 Å². The van der Waals surface area contributed by atoms with Crippen molar-refractivity contribution in [3.63, 3.8) is 0 Å². The molecule has 0 radical (unpaired) electrons. The Bertz CT molecular complexity index is 869. The van der Waals surface area contributed by atoms with Crippen LogP contribution < -0.4 is 0 Å². The Balaban J connectivity index is 3.03. The molecule has 0 atom stereocenters. The Hall–Kier alpha value is -1.98. The predicted octanol–water partition coefficient (Wildman–Crippen LogP) is 8.60. The highest BCUT2D eigenvalue weighted by atomic mass is 19.4. The van der Waals surface area contributed by atoms with E-state index >= 15 is 0 Å². The molecule has 0 fully saturated rings. The Morgan fingerprint density at radius 2 is 0.767 bits per heavy atom. The van der Waals surface area contributed by atoms with Gasteiger partial charge in [0.25, 0.3) is 0 Å². The van der Waals surface area contributed by atoms with Gasteiger partial charge in [0.1, 0.15) is 0 Å². The first-order chi connectivity index (χ1) is 13.2. The minimum absolute atomic E-state index is 0.0715. The van der Waals surface area contributed by atoms with E-state index in [1.54, 1.807) is 53.7 Å². The lowest BCUT2D eigenvalue weighted by atomic mass is 9.79. The van der Waals surface area contributed by atoms with Crippen molar-refractivity contribution in [1.29, 1.82) is 0 Å². The van der Waals surface area contributed by atoms with Crippen LogP contribution in [0.3, 0.4) is 0 Å². The van der Waals surface area contributed by atoms with Crippen molar-refractivity contribution in [1.82, 2.24) is 0 Å². The van der Waals surface area contributed by atoms with E-state index in [4.69, 9.17) is 0 Å².